The highest BCUT2D eigenvalue weighted by Crippen LogP contribution is 2.29. The number of halogens is 2. The van der Waals surface area contributed by atoms with Gasteiger partial charge in [-0.2, -0.15) is 5.26 Å². The van der Waals surface area contributed by atoms with Crippen LogP contribution in [0, 0.1) is 24.1 Å². The molecule has 1 unspecified atom stereocenters. The Bertz CT molecular complexity index is 683. The average molecular weight is 321 g/mol. The van der Waals surface area contributed by atoms with Gasteiger partial charge in [0, 0.05) is 11.3 Å². The number of nitrogens with zero attached hydrogens (tertiary/aromatic N) is 1. The predicted molar refractivity (Wildman–Crippen MR) is 87.6 cm³/mol. The van der Waals surface area contributed by atoms with E-state index in [1.54, 1.807) is 12.1 Å². The molecule has 0 fully saturated rings. The molecule has 0 bridgehead atoms. The number of benzene rings is 2. The zero-order chi connectivity index (χ0) is 16.7. The Morgan fingerprint density at radius 2 is 1.91 bits per heavy atom. The Balaban J connectivity index is 0.00000116. The van der Waals surface area contributed by atoms with Crippen molar-refractivity contribution in [2.24, 2.45) is 0 Å². The molecule has 0 radical (unpaired) electrons. The van der Waals surface area contributed by atoms with Crippen molar-refractivity contribution in [1.29, 1.82) is 5.26 Å². The van der Waals surface area contributed by atoms with E-state index in [2.05, 4.69) is 11.4 Å². The molecule has 0 saturated heterocycles. The van der Waals surface area contributed by atoms with Crippen LogP contribution >= 0.6 is 11.6 Å². The van der Waals surface area contributed by atoms with Crippen molar-refractivity contribution in [3.05, 3.63) is 58.4 Å². The van der Waals surface area contributed by atoms with Gasteiger partial charge in [0.1, 0.15) is 17.6 Å². The molecule has 0 aliphatic carbocycles. The van der Waals surface area contributed by atoms with Crippen molar-refractivity contribution in [3.63, 3.8) is 0 Å². The van der Waals surface area contributed by atoms with E-state index < -0.39 is 11.9 Å². The van der Waals surface area contributed by atoms with Gasteiger partial charge < -0.3 is 10.4 Å². The van der Waals surface area contributed by atoms with Crippen molar-refractivity contribution in [3.8, 4) is 11.8 Å². The van der Waals surface area contributed by atoms with E-state index in [0.717, 1.165) is 5.56 Å². The van der Waals surface area contributed by atoms with Crippen molar-refractivity contribution < 1.29 is 9.50 Å². The lowest BCUT2D eigenvalue weighted by Crippen LogP contribution is -2.09. The van der Waals surface area contributed by atoms with Crippen LogP contribution in [0.5, 0.6) is 5.75 Å². The van der Waals surface area contributed by atoms with Crippen LogP contribution in [0.3, 0.4) is 0 Å². The number of hydrogen-bond donors (Lipinski definition) is 2. The maximum atomic E-state index is 13.1. The molecule has 2 rings (SSSR count). The van der Waals surface area contributed by atoms with Crippen LogP contribution in [0.2, 0.25) is 5.02 Å². The molecule has 0 aliphatic heterocycles. The maximum absolute atomic E-state index is 13.1. The molecule has 22 heavy (non-hydrogen) atoms. The predicted octanol–water partition coefficient (Wildman–Crippen LogP) is 5.20. The Hall–Kier alpha value is -2.25. The molecule has 0 spiro atoms. The fraction of sp³-hybridized carbons (Fsp3) is 0.235. The minimum Gasteiger partial charge on any atom is -0.508 e. The van der Waals surface area contributed by atoms with Gasteiger partial charge in [0.05, 0.1) is 11.1 Å². The van der Waals surface area contributed by atoms with Crippen molar-refractivity contribution >= 4 is 17.3 Å². The van der Waals surface area contributed by atoms with Crippen LogP contribution in [-0.2, 0) is 0 Å². The Morgan fingerprint density at radius 3 is 2.50 bits per heavy atom. The summed E-state index contributed by atoms with van der Waals surface area (Å²) in [5, 5.41) is 22.0. The summed E-state index contributed by atoms with van der Waals surface area (Å²) in [6.45, 7) is 5.87. The third-order valence-corrected chi connectivity index (χ3v) is 3.14. The molecule has 0 aliphatic rings. The van der Waals surface area contributed by atoms with Gasteiger partial charge in [0.25, 0.3) is 0 Å². The summed E-state index contributed by atoms with van der Waals surface area (Å²) in [6.07, 6.45) is 0. The van der Waals surface area contributed by atoms with E-state index in [0.29, 0.717) is 11.3 Å². The number of hydrogen-bond acceptors (Lipinski definition) is 3. The number of aryl methyl sites for hydroxylation is 1. The molecular formula is C17H18ClFN2O. The van der Waals surface area contributed by atoms with Crippen molar-refractivity contribution in [1.82, 2.24) is 0 Å². The van der Waals surface area contributed by atoms with E-state index in [1.165, 1.54) is 24.3 Å². The molecule has 2 N–H and O–H groups in total. The van der Waals surface area contributed by atoms with E-state index in [1.807, 2.05) is 20.8 Å². The van der Waals surface area contributed by atoms with Gasteiger partial charge in [-0.25, -0.2) is 4.39 Å². The first-order valence-electron chi connectivity index (χ1n) is 6.92. The zero-order valence-corrected chi connectivity index (χ0v) is 13.4. The van der Waals surface area contributed by atoms with Crippen LogP contribution in [0.4, 0.5) is 10.1 Å². The van der Waals surface area contributed by atoms with E-state index in [9.17, 15) is 14.8 Å². The smallest absolute Gasteiger partial charge is 0.143 e. The Morgan fingerprint density at radius 1 is 1.23 bits per heavy atom. The molecule has 1 atom stereocenters. The number of phenolic OH excluding ortho intramolecular Hbond substituents is 1. The maximum Gasteiger partial charge on any atom is 0.143 e. The summed E-state index contributed by atoms with van der Waals surface area (Å²) in [6, 6.07) is 10.4. The Labute approximate surface area is 135 Å². The monoisotopic (exact) mass is 320 g/mol. The average Bonchev–Trinajstić information content (AvgIpc) is 2.53. The molecule has 0 saturated carbocycles. The molecule has 3 nitrogen and oxygen atoms in total. The summed E-state index contributed by atoms with van der Waals surface area (Å²) in [5.41, 5.74) is 1.90. The summed E-state index contributed by atoms with van der Waals surface area (Å²) >= 11 is 5.70. The molecule has 2 aromatic carbocycles. The minimum absolute atomic E-state index is 0.0276. The van der Waals surface area contributed by atoms with Gasteiger partial charge in [-0.1, -0.05) is 37.1 Å². The first-order chi connectivity index (χ1) is 10.5. The summed E-state index contributed by atoms with van der Waals surface area (Å²) < 4.78 is 13.1. The largest absolute Gasteiger partial charge is 0.508 e. The highest BCUT2D eigenvalue weighted by molar-refractivity contribution is 6.31. The van der Waals surface area contributed by atoms with Crippen molar-refractivity contribution in [2.45, 2.75) is 26.8 Å². The second-order valence-electron chi connectivity index (χ2n) is 4.40. The minimum atomic E-state index is -0.753. The third-order valence-electron chi connectivity index (χ3n) is 2.85. The van der Waals surface area contributed by atoms with Crippen molar-refractivity contribution in [2.75, 3.05) is 5.32 Å². The fourth-order valence-electron chi connectivity index (χ4n) is 1.84. The molecule has 116 valence electrons. The van der Waals surface area contributed by atoms with Gasteiger partial charge in [-0.3, -0.25) is 0 Å². The van der Waals surface area contributed by atoms with Gasteiger partial charge in [0.15, 0.2) is 0 Å². The lowest BCUT2D eigenvalue weighted by Gasteiger charge is -2.15. The molecule has 0 aromatic heterocycles. The first-order valence-corrected chi connectivity index (χ1v) is 7.30. The van der Waals surface area contributed by atoms with Gasteiger partial charge in [-0.05, 0) is 37.3 Å². The zero-order valence-electron chi connectivity index (χ0n) is 12.7. The molecule has 2 aromatic rings. The first kappa shape index (κ1) is 17.8. The van der Waals surface area contributed by atoms with Crippen LogP contribution in [-0.4, -0.2) is 5.11 Å². The second kappa shape index (κ2) is 8.26. The highest BCUT2D eigenvalue weighted by atomic mass is 35.5. The molecule has 0 amide bonds. The number of nitrogens with one attached hydrogen (secondary N) is 1. The third kappa shape index (κ3) is 4.37. The van der Waals surface area contributed by atoms with Crippen LogP contribution in [0.25, 0.3) is 0 Å². The van der Waals surface area contributed by atoms with Crippen LogP contribution in [0.1, 0.15) is 31.0 Å². The highest BCUT2D eigenvalue weighted by Gasteiger charge is 2.15. The number of nitriles is 1. The van der Waals surface area contributed by atoms with E-state index in [4.69, 9.17) is 11.6 Å². The van der Waals surface area contributed by atoms with E-state index >= 15 is 0 Å². The Kier molecular flexibility index (Phi) is 6.68. The summed E-state index contributed by atoms with van der Waals surface area (Å²) in [4.78, 5) is 0. The molecule has 0 heterocycles. The lowest BCUT2D eigenvalue weighted by molar-refractivity contribution is 0.467. The quantitative estimate of drug-likeness (QED) is 0.817. The number of rotatable bonds is 3. The van der Waals surface area contributed by atoms with Gasteiger partial charge >= 0.3 is 0 Å². The second-order valence-corrected chi connectivity index (χ2v) is 4.80. The van der Waals surface area contributed by atoms with E-state index in [-0.39, 0.29) is 10.8 Å². The topological polar surface area (TPSA) is 56.0 Å². The SMILES string of the molecule is CC.Cc1ccc(O)c(C(C#N)Nc2ccc(F)c(Cl)c2)c1. The van der Waals surface area contributed by atoms with Crippen LogP contribution in [0.15, 0.2) is 36.4 Å². The standard InChI is InChI=1S/C15H12ClFN2O.C2H6/c1-9-2-5-15(20)11(6-9)14(8-18)19-10-3-4-13(17)12(16)7-10;1-2/h2-7,14,19-20H,1H3;1-2H3. The summed E-state index contributed by atoms with van der Waals surface area (Å²) in [5.74, 6) is -0.494. The lowest BCUT2D eigenvalue weighted by atomic mass is 10.0. The number of anilines is 1. The molecular weight excluding hydrogens is 303 g/mol. The molecule has 5 heteroatoms. The number of phenols is 1. The van der Waals surface area contributed by atoms with Gasteiger partial charge in [-0.15, -0.1) is 0 Å². The summed E-state index contributed by atoms with van der Waals surface area (Å²) in [7, 11) is 0. The van der Waals surface area contributed by atoms with Gasteiger partial charge in [0.2, 0.25) is 0 Å². The van der Waals surface area contributed by atoms with Crippen LogP contribution < -0.4 is 5.32 Å². The fourth-order valence-corrected chi connectivity index (χ4v) is 2.02. The number of aromatic hydroxyl groups is 1. The normalized spacial score (nSPS) is 10.9.